The van der Waals surface area contributed by atoms with E-state index in [2.05, 4.69) is 33.1 Å². The molecule has 3 nitrogen and oxygen atoms in total. The first-order valence-electron chi connectivity index (χ1n) is 7.42. The Hall–Kier alpha value is -0.870. The number of amides is 1. The minimum atomic E-state index is 0.00275. The van der Waals surface area contributed by atoms with E-state index in [1.54, 1.807) is 0 Å². The molecule has 1 amide bonds. The van der Waals surface area contributed by atoms with Crippen molar-refractivity contribution in [1.82, 2.24) is 10.2 Å². The summed E-state index contributed by atoms with van der Waals surface area (Å²) in [5, 5.41) is 3.03. The third-order valence-electron chi connectivity index (χ3n) is 3.75. The fraction of sp³-hybridized carbons (Fsp3) is 0.562. The molecule has 4 heteroatoms. The van der Waals surface area contributed by atoms with Gasteiger partial charge in [-0.15, -0.1) is 0 Å². The third kappa shape index (κ3) is 4.60. The van der Waals surface area contributed by atoms with Crippen LogP contribution in [-0.4, -0.2) is 37.0 Å². The Balaban J connectivity index is 1.76. The van der Waals surface area contributed by atoms with Crippen molar-refractivity contribution in [1.29, 1.82) is 0 Å². The number of nitrogens with zero attached hydrogens (tertiary/aromatic N) is 1. The van der Waals surface area contributed by atoms with Gasteiger partial charge in [0.05, 0.1) is 5.56 Å². The summed E-state index contributed by atoms with van der Waals surface area (Å²) in [6.07, 6.45) is 4.00. The van der Waals surface area contributed by atoms with E-state index in [-0.39, 0.29) is 5.91 Å². The van der Waals surface area contributed by atoms with Crippen molar-refractivity contribution in [2.24, 2.45) is 5.92 Å². The van der Waals surface area contributed by atoms with Gasteiger partial charge in [-0.2, -0.15) is 0 Å². The predicted molar refractivity (Wildman–Crippen MR) is 85.9 cm³/mol. The van der Waals surface area contributed by atoms with E-state index < -0.39 is 0 Å². The van der Waals surface area contributed by atoms with Crippen molar-refractivity contribution in [2.45, 2.75) is 26.2 Å². The van der Waals surface area contributed by atoms with Crippen molar-refractivity contribution in [3.8, 4) is 0 Å². The van der Waals surface area contributed by atoms with Crippen molar-refractivity contribution in [2.75, 3.05) is 26.2 Å². The minimum absolute atomic E-state index is 0.00275. The Morgan fingerprint density at radius 3 is 2.70 bits per heavy atom. The van der Waals surface area contributed by atoms with Gasteiger partial charge in [-0.3, -0.25) is 4.79 Å². The lowest BCUT2D eigenvalue weighted by molar-refractivity contribution is 0.0942. The lowest BCUT2D eigenvalue weighted by atomic mass is 10.1. The highest BCUT2D eigenvalue weighted by Crippen LogP contribution is 2.15. The van der Waals surface area contributed by atoms with Crippen LogP contribution in [-0.2, 0) is 0 Å². The molecule has 1 aliphatic heterocycles. The monoisotopic (exact) mass is 338 g/mol. The zero-order chi connectivity index (χ0) is 14.4. The molecular formula is C16H23BrN2O. The van der Waals surface area contributed by atoms with Crippen LogP contribution >= 0.6 is 15.9 Å². The maximum atomic E-state index is 12.1. The molecule has 0 saturated carbocycles. The van der Waals surface area contributed by atoms with Gasteiger partial charge in [-0.1, -0.05) is 25.5 Å². The summed E-state index contributed by atoms with van der Waals surface area (Å²) >= 11 is 3.41. The lowest BCUT2D eigenvalue weighted by Gasteiger charge is -2.29. The molecule has 0 aliphatic carbocycles. The van der Waals surface area contributed by atoms with Crippen LogP contribution in [0.3, 0.4) is 0 Å². The first kappa shape index (κ1) is 15.5. The molecule has 0 aromatic heterocycles. The van der Waals surface area contributed by atoms with E-state index >= 15 is 0 Å². The van der Waals surface area contributed by atoms with Gasteiger partial charge in [0.15, 0.2) is 0 Å². The molecule has 1 unspecified atom stereocenters. The first-order chi connectivity index (χ1) is 9.66. The third-order valence-corrected chi connectivity index (χ3v) is 4.44. The molecule has 1 aromatic rings. The van der Waals surface area contributed by atoms with Crippen molar-refractivity contribution >= 4 is 21.8 Å². The summed E-state index contributed by atoms with van der Waals surface area (Å²) in [5.41, 5.74) is 0.706. The lowest BCUT2D eigenvalue weighted by Crippen LogP contribution is -2.38. The van der Waals surface area contributed by atoms with E-state index in [4.69, 9.17) is 0 Å². The number of rotatable bonds is 5. The van der Waals surface area contributed by atoms with Crippen molar-refractivity contribution in [3.05, 3.63) is 34.3 Å². The molecule has 1 aromatic carbocycles. The molecule has 1 aliphatic rings. The number of carbonyl (C=O) groups excluding carboxylic acids is 1. The van der Waals surface area contributed by atoms with Gasteiger partial charge in [0.2, 0.25) is 0 Å². The van der Waals surface area contributed by atoms with Gasteiger partial charge in [-0.05, 0) is 59.9 Å². The van der Waals surface area contributed by atoms with Gasteiger partial charge in [0, 0.05) is 17.6 Å². The maximum absolute atomic E-state index is 12.1. The summed E-state index contributed by atoms with van der Waals surface area (Å²) in [4.78, 5) is 14.6. The predicted octanol–water partition coefficient (Wildman–Crippen LogP) is 3.30. The van der Waals surface area contributed by atoms with Crippen LogP contribution in [0.1, 0.15) is 36.5 Å². The van der Waals surface area contributed by atoms with E-state index in [0.29, 0.717) is 11.5 Å². The average Bonchev–Trinajstić information content (AvgIpc) is 2.46. The smallest absolute Gasteiger partial charge is 0.252 e. The standard InChI is InChI=1S/C16H23BrN2O/c1-13(12-19-9-5-2-6-10-19)11-18-16(20)14-7-3-4-8-15(14)17/h3-4,7-8,13H,2,5-6,9-12H2,1H3,(H,18,20). The molecule has 1 fully saturated rings. The summed E-state index contributed by atoms with van der Waals surface area (Å²) in [5.74, 6) is 0.488. The van der Waals surface area contributed by atoms with E-state index in [9.17, 15) is 4.79 Å². The Kier molecular flexibility index (Phi) is 6.05. The Morgan fingerprint density at radius 2 is 2.00 bits per heavy atom. The van der Waals surface area contributed by atoms with Gasteiger partial charge >= 0.3 is 0 Å². The number of piperidine rings is 1. The second-order valence-electron chi connectivity index (χ2n) is 5.66. The van der Waals surface area contributed by atoms with Crippen LogP contribution < -0.4 is 5.32 Å². The highest BCUT2D eigenvalue weighted by Gasteiger charge is 2.15. The van der Waals surface area contributed by atoms with Crippen LogP contribution in [0.5, 0.6) is 0 Å². The number of carbonyl (C=O) groups is 1. The second kappa shape index (κ2) is 7.79. The summed E-state index contributed by atoms with van der Waals surface area (Å²) in [7, 11) is 0. The Morgan fingerprint density at radius 1 is 1.30 bits per heavy atom. The molecule has 1 heterocycles. The zero-order valence-corrected chi connectivity index (χ0v) is 13.7. The number of hydrogen-bond acceptors (Lipinski definition) is 2. The average molecular weight is 339 g/mol. The molecule has 1 atom stereocenters. The summed E-state index contributed by atoms with van der Waals surface area (Å²) in [6, 6.07) is 7.54. The van der Waals surface area contributed by atoms with Gasteiger partial charge in [0.25, 0.3) is 5.91 Å². The number of halogens is 1. The van der Waals surface area contributed by atoms with Crippen molar-refractivity contribution in [3.63, 3.8) is 0 Å². The molecule has 2 rings (SSSR count). The molecule has 1 saturated heterocycles. The Labute approximate surface area is 129 Å². The molecule has 110 valence electrons. The maximum Gasteiger partial charge on any atom is 0.252 e. The van der Waals surface area contributed by atoms with E-state index in [1.165, 1.54) is 32.4 Å². The highest BCUT2D eigenvalue weighted by atomic mass is 79.9. The SMILES string of the molecule is CC(CNC(=O)c1ccccc1Br)CN1CCCCC1. The van der Waals surface area contributed by atoms with Gasteiger partial charge in [-0.25, -0.2) is 0 Å². The highest BCUT2D eigenvalue weighted by molar-refractivity contribution is 9.10. The molecule has 0 spiro atoms. The fourth-order valence-corrected chi connectivity index (χ4v) is 3.12. The zero-order valence-electron chi connectivity index (χ0n) is 12.1. The molecule has 0 bridgehead atoms. The largest absolute Gasteiger partial charge is 0.352 e. The van der Waals surface area contributed by atoms with Crippen molar-refractivity contribution < 1.29 is 4.79 Å². The normalized spacial score (nSPS) is 17.7. The number of hydrogen-bond donors (Lipinski definition) is 1. The fourth-order valence-electron chi connectivity index (χ4n) is 2.65. The number of benzene rings is 1. The quantitative estimate of drug-likeness (QED) is 0.893. The van der Waals surface area contributed by atoms with E-state index in [0.717, 1.165) is 17.6 Å². The molecule has 0 radical (unpaired) electrons. The van der Waals surface area contributed by atoms with Gasteiger partial charge in [0.1, 0.15) is 0 Å². The first-order valence-corrected chi connectivity index (χ1v) is 8.21. The van der Waals surface area contributed by atoms with Crippen LogP contribution in [0.2, 0.25) is 0 Å². The topological polar surface area (TPSA) is 32.3 Å². The molecule has 1 N–H and O–H groups in total. The second-order valence-corrected chi connectivity index (χ2v) is 6.51. The minimum Gasteiger partial charge on any atom is -0.352 e. The number of likely N-dealkylation sites (tertiary alicyclic amines) is 1. The van der Waals surface area contributed by atoms with Crippen LogP contribution in [0.4, 0.5) is 0 Å². The summed E-state index contributed by atoms with van der Waals surface area (Å²) in [6.45, 7) is 6.44. The van der Waals surface area contributed by atoms with Crippen LogP contribution in [0.25, 0.3) is 0 Å². The summed E-state index contributed by atoms with van der Waals surface area (Å²) < 4.78 is 0.848. The van der Waals surface area contributed by atoms with Gasteiger partial charge < -0.3 is 10.2 Å². The van der Waals surface area contributed by atoms with E-state index in [1.807, 2.05) is 24.3 Å². The number of nitrogens with one attached hydrogen (secondary N) is 1. The Bertz CT molecular complexity index is 444. The molecular weight excluding hydrogens is 316 g/mol. The van der Waals surface area contributed by atoms with Crippen LogP contribution in [0, 0.1) is 5.92 Å². The van der Waals surface area contributed by atoms with Crippen LogP contribution in [0.15, 0.2) is 28.7 Å². The molecule has 20 heavy (non-hydrogen) atoms.